The van der Waals surface area contributed by atoms with Gasteiger partial charge in [0.25, 0.3) is 0 Å². The molecule has 0 bridgehead atoms. The maximum Gasteiger partial charge on any atom is 0.140 e. The smallest absolute Gasteiger partial charge is 0.140 e. The van der Waals surface area contributed by atoms with Gasteiger partial charge in [0.05, 0.1) is 17.6 Å². The van der Waals surface area contributed by atoms with Crippen molar-refractivity contribution in [3.05, 3.63) is 48.0 Å². The number of benzene rings is 2. The van der Waals surface area contributed by atoms with Crippen molar-refractivity contribution in [1.82, 2.24) is 9.55 Å². The number of hydrogen-bond acceptors (Lipinski definition) is 3. The highest BCUT2D eigenvalue weighted by Gasteiger charge is 2.11. The van der Waals surface area contributed by atoms with E-state index in [4.69, 9.17) is 10.1 Å². The van der Waals surface area contributed by atoms with E-state index in [0.717, 1.165) is 22.6 Å². The summed E-state index contributed by atoms with van der Waals surface area (Å²) in [5.41, 5.74) is 5.52. The van der Waals surface area contributed by atoms with Crippen LogP contribution >= 0.6 is 0 Å². The van der Waals surface area contributed by atoms with Crippen LogP contribution in [0.5, 0.6) is 0 Å². The number of aliphatic hydroxyl groups is 1. The molecule has 0 atom stereocenters. The molecular formula is C17H19N3O. The van der Waals surface area contributed by atoms with Gasteiger partial charge in [-0.25, -0.2) is 4.98 Å². The number of rotatable bonds is 4. The summed E-state index contributed by atoms with van der Waals surface area (Å²) in [5, 5.41) is 12.0. The third-order valence-corrected chi connectivity index (χ3v) is 3.68. The van der Waals surface area contributed by atoms with Crippen LogP contribution < -0.4 is 5.32 Å². The fourth-order valence-corrected chi connectivity index (χ4v) is 2.66. The quantitative estimate of drug-likeness (QED) is 0.773. The first-order valence-electron chi connectivity index (χ1n) is 7.08. The van der Waals surface area contributed by atoms with E-state index in [-0.39, 0.29) is 6.61 Å². The minimum absolute atomic E-state index is 0.131. The van der Waals surface area contributed by atoms with Gasteiger partial charge in [-0.1, -0.05) is 12.1 Å². The van der Waals surface area contributed by atoms with E-state index in [1.807, 2.05) is 24.3 Å². The zero-order valence-corrected chi connectivity index (χ0v) is 12.3. The molecule has 108 valence electrons. The molecule has 2 aromatic carbocycles. The summed E-state index contributed by atoms with van der Waals surface area (Å²) in [4.78, 5) is 4.74. The second kappa shape index (κ2) is 5.58. The van der Waals surface area contributed by atoms with Gasteiger partial charge in [0.1, 0.15) is 5.82 Å². The van der Waals surface area contributed by atoms with Crippen molar-refractivity contribution in [2.24, 2.45) is 7.05 Å². The fraction of sp³-hybridized carbons (Fsp3) is 0.235. The molecule has 3 aromatic rings. The monoisotopic (exact) mass is 281 g/mol. The summed E-state index contributed by atoms with van der Waals surface area (Å²) in [6.45, 7) is 2.80. The van der Waals surface area contributed by atoms with E-state index in [9.17, 15) is 0 Å². The Morgan fingerprint density at radius 2 is 1.90 bits per heavy atom. The SMILES string of the molecule is Cc1cccc2nc(-c3ccc(NCCO)cc3)n(C)c12. The van der Waals surface area contributed by atoms with Crippen molar-refractivity contribution in [2.45, 2.75) is 6.92 Å². The first-order chi connectivity index (χ1) is 10.2. The molecule has 0 amide bonds. The molecule has 0 aliphatic heterocycles. The molecule has 0 spiro atoms. The molecule has 0 fully saturated rings. The maximum absolute atomic E-state index is 8.83. The number of para-hydroxylation sites is 1. The third-order valence-electron chi connectivity index (χ3n) is 3.68. The van der Waals surface area contributed by atoms with Crippen LogP contribution in [0.1, 0.15) is 5.56 Å². The van der Waals surface area contributed by atoms with Gasteiger partial charge in [-0.2, -0.15) is 0 Å². The summed E-state index contributed by atoms with van der Waals surface area (Å²) >= 11 is 0. The lowest BCUT2D eigenvalue weighted by atomic mass is 10.2. The summed E-state index contributed by atoms with van der Waals surface area (Å²) in [6, 6.07) is 14.3. The topological polar surface area (TPSA) is 50.1 Å². The van der Waals surface area contributed by atoms with E-state index in [1.165, 1.54) is 11.1 Å². The lowest BCUT2D eigenvalue weighted by molar-refractivity contribution is 0.311. The lowest BCUT2D eigenvalue weighted by Crippen LogP contribution is -2.05. The summed E-state index contributed by atoms with van der Waals surface area (Å²) in [7, 11) is 2.05. The molecule has 1 aromatic heterocycles. The van der Waals surface area contributed by atoms with E-state index in [2.05, 4.69) is 42.1 Å². The van der Waals surface area contributed by atoms with Crippen LogP contribution in [0.3, 0.4) is 0 Å². The number of aromatic nitrogens is 2. The zero-order valence-electron chi connectivity index (χ0n) is 12.3. The van der Waals surface area contributed by atoms with Crippen LogP contribution in [0.2, 0.25) is 0 Å². The van der Waals surface area contributed by atoms with Gasteiger partial charge in [-0.3, -0.25) is 0 Å². The number of aliphatic hydroxyl groups excluding tert-OH is 1. The third kappa shape index (κ3) is 2.50. The molecule has 2 N–H and O–H groups in total. The predicted octanol–water partition coefficient (Wildman–Crippen LogP) is 2.95. The Bertz CT molecular complexity index is 760. The number of fused-ring (bicyclic) bond motifs is 1. The minimum Gasteiger partial charge on any atom is -0.395 e. The fourth-order valence-electron chi connectivity index (χ4n) is 2.66. The normalized spacial score (nSPS) is 11.0. The van der Waals surface area contributed by atoms with Gasteiger partial charge in [-0.05, 0) is 42.8 Å². The molecule has 0 unspecified atom stereocenters. The van der Waals surface area contributed by atoms with Crippen LogP contribution in [0.25, 0.3) is 22.4 Å². The molecule has 0 aliphatic carbocycles. The van der Waals surface area contributed by atoms with E-state index in [1.54, 1.807) is 0 Å². The Morgan fingerprint density at radius 1 is 1.14 bits per heavy atom. The van der Waals surface area contributed by atoms with Crippen molar-refractivity contribution >= 4 is 16.7 Å². The number of hydrogen-bond donors (Lipinski definition) is 2. The highest BCUT2D eigenvalue weighted by atomic mass is 16.3. The second-order valence-corrected chi connectivity index (χ2v) is 5.16. The van der Waals surface area contributed by atoms with Crippen LogP contribution in [0.15, 0.2) is 42.5 Å². The minimum atomic E-state index is 0.131. The van der Waals surface area contributed by atoms with Gasteiger partial charge in [0, 0.05) is 24.8 Å². The van der Waals surface area contributed by atoms with E-state index in [0.29, 0.717) is 6.54 Å². The molecular weight excluding hydrogens is 262 g/mol. The van der Waals surface area contributed by atoms with Crippen LogP contribution in [-0.4, -0.2) is 27.8 Å². The molecule has 0 saturated heterocycles. The Labute approximate surface area is 124 Å². The van der Waals surface area contributed by atoms with Crippen molar-refractivity contribution < 1.29 is 5.11 Å². The highest BCUT2D eigenvalue weighted by molar-refractivity contribution is 5.83. The standard InChI is InChI=1S/C17H19N3O/c1-12-4-3-5-15-16(12)20(2)17(19-15)13-6-8-14(9-7-13)18-10-11-21/h3-9,18,21H,10-11H2,1-2H3. The summed E-state index contributed by atoms with van der Waals surface area (Å²) in [6.07, 6.45) is 0. The number of imidazole rings is 1. The molecule has 0 radical (unpaired) electrons. The summed E-state index contributed by atoms with van der Waals surface area (Å²) in [5.74, 6) is 0.966. The Morgan fingerprint density at radius 3 is 2.57 bits per heavy atom. The maximum atomic E-state index is 8.83. The van der Waals surface area contributed by atoms with Gasteiger partial charge >= 0.3 is 0 Å². The Kier molecular flexibility index (Phi) is 3.62. The average Bonchev–Trinajstić information content (AvgIpc) is 2.84. The van der Waals surface area contributed by atoms with Crippen molar-refractivity contribution in [3.8, 4) is 11.4 Å². The number of nitrogens with zero attached hydrogens (tertiary/aromatic N) is 2. The molecule has 21 heavy (non-hydrogen) atoms. The largest absolute Gasteiger partial charge is 0.395 e. The Balaban J connectivity index is 2.00. The lowest BCUT2D eigenvalue weighted by Gasteiger charge is -2.07. The van der Waals surface area contributed by atoms with Crippen molar-refractivity contribution in [3.63, 3.8) is 0 Å². The highest BCUT2D eigenvalue weighted by Crippen LogP contribution is 2.26. The number of aryl methyl sites for hydroxylation is 2. The van der Waals surface area contributed by atoms with Gasteiger partial charge in [0.15, 0.2) is 0 Å². The van der Waals surface area contributed by atoms with E-state index < -0.39 is 0 Å². The van der Waals surface area contributed by atoms with E-state index >= 15 is 0 Å². The molecule has 0 saturated carbocycles. The van der Waals surface area contributed by atoms with Crippen LogP contribution in [-0.2, 0) is 7.05 Å². The molecule has 4 heteroatoms. The van der Waals surface area contributed by atoms with Gasteiger partial charge in [0.2, 0.25) is 0 Å². The first kappa shape index (κ1) is 13.6. The van der Waals surface area contributed by atoms with Gasteiger partial charge in [-0.15, -0.1) is 0 Å². The second-order valence-electron chi connectivity index (χ2n) is 5.16. The summed E-state index contributed by atoms with van der Waals surface area (Å²) < 4.78 is 2.14. The Hall–Kier alpha value is -2.33. The van der Waals surface area contributed by atoms with Crippen LogP contribution in [0.4, 0.5) is 5.69 Å². The number of anilines is 1. The molecule has 3 rings (SSSR count). The number of nitrogens with one attached hydrogen (secondary N) is 1. The average molecular weight is 281 g/mol. The zero-order chi connectivity index (χ0) is 14.8. The first-order valence-corrected chi connectivity index (χ1v) is 7.08. The molecule has 1 heterocycles. The molecule has 0 aliphatic rings. The van der Waals surface area contributed by atoms with Crippen LogP contribution in [0, 0.1) is 6.92 Å². The van der Waals surface area contributed by atoms with Gasteiger partial charge < -0.3 is 15.0 Å². The van der Waals surface area contributed by atoms with Crippen molar-refractivity contribution in [2.75, 3.05) is 18.5 Å². The predicted molar refractivity (Wildman–Crippen MR) is 86.5 cm³/mol. The molecule has 4 nitrogen and oxygen atoms in total. The van der Waals surface area contributed by atoms with Crippen molar-refractivity contribution in [1.29, 1.82) is 0 Å².